The molecule has 0 aromatic carbocycles. The molecule has 0 fully saturated rings. The average Bonchev–Trinajstić information content (AvgIpc) is 1.89. The van der Waals surface area contributed by atoms with Gasteiger partial charge in [0.2, 0.25) is 0 Å². The molecule has 62 valence electrons. The summed E-state index contributed by atoms with van der Waals surface area (Å²) in [5, 5.41) is 3.40. The van der Waals surface area contributed by atoms with E-state index < -0.39 is 0 Å². The van der Waals surface area contributed by atoms with E-state index >= 15 is 0 Å². The van der Waals surface area contributed by atoms with Crippen LogP contribution in [0.15, 0.2) is 0 Å². The third-order valence-corrected chi connectivity index (χ3v) is 1.62. The molecule has 2 nitrogen and oxygen atoms in total. The van der Waals surface area contributed by atoms with Crippen LogP contribution in [-0.4, -0.2) is 19.1 Å². The monoisotopic (exact) mass is 144 g/mol. The van der Waals surface area contributed by atoms with E-state index in [-0.39, 0.29) is 0 Å². The molecular weight excluding hydrogens is 124 g/mol. The molecule has 0 aromatic heterocycles. The molecule has 0 rings (SSSR count). The maximum atomic E-state index is 5.39. The smallest absolute Gasteiger partial charge is 0.00507 e. The van der Waals surface area contributed by atoms with Gasteiger partial charge in [-0.2, -0.15) is 0 Å². The van der Waals surface area contributed by atoms with Crippen LogP contribution < -0.4 is 11.1 Å². The number of hydrogen-bond donors (Lipinski definition) is 2. The summed E-state index contributed by atoms with van der Waals surface area (Å²) in [5.41, 5.74) is 5.39. The molecule has 2 heteroatoms. The molecule has 0 aliphatic carbocycles. The van der Waals surface area contributed by atoms with Crippen molar-refractivity contribution in [2.45, 2.75) is 39.2 Å². The molecule has 0 saturated carbocycles. The van der Waals surface area contributed by atoms with Crippen LogP contribution in [0, 0.1) is 0 Å². The highest BCUT2D eigenvalue weighted by Gasteiger charge is 1.96. The maximum Gasteiger partial charge on any atom is 0.00507 e. The molecule has 0 saturated heterocycles. The van der Waals surface area contributed by atoms with Crippen LogP contribution in [0.2, 0.25) is 0 Å². The van der Waals surface area contributed by atoms with Crippen LogP contribution >= 0.6 is 0 Å². The number of hydrogen-bond acceptors (Lipinski definition) is 2. The summed E-state index contributed by atoms with van der Waals surface area (Å²) < 4.78 is 0. The topological polar surface area (TPSA) is 38.0 Å². The van der Waals surface area contributed by atoms with E-state index in [2.05, 4.69) is 19.2 Å². The molecule has 0 aliphatic rings. The van der Waals surface area contributed by atoms with Gasteiger partial charge in [0.1, 0.15) is 0 Å². The standard InChI is InChI=1S/C8H20N2/c1-3-4-7-10-8(2)5-6-9/h8,10H,3-7,9H2,1-2H3. The van der Waals surface area contributed by atoms with Crippen molar-refractivity contribution in [3.05, 3.63) is 0 Å². The molecule has 1 atom stereocenters. The second-order valence-corrected chi connectivity index (χ2v) is 2.79. The summed E-state index contributed by atoms with van der Waals surface area (Å²) in [7, 11) is 0. The van der Waals surface area contributed by atoms with Gasteiger partial charge in [-0.15, -0.1) is 0 Å². The van der Waals surface area contributed by atoms with Gasteiger partial charge in [-0.3, -0.25) is 0 Å². The zero-order valence-corrected chi connectivity index (χ0v) is 7.19. The van der Waals surface area contributed by atoms with Crippen molar-refractivity contribution in [2.24, 2.45) is 5.73 Å². The number of rotatable bonds is 6. The van der Waals surface area contributed by atoms with Crippen molar-refractivity contribution >= 4 is 0 Å². The molecule has 0 radical (unpaired) electrons. The van der Waals surface area contributed by atoms with E-state index in [1.54, 1.807) is 0 Å². The van der Waals surface area contributed by atoms with E-state index in [9.17, 15) is 0 Å². The lowest BCUT2D eigenvalue weighted by Gasteiger charge is -2.11. The second-order valence-electron chi connectivity index (χ2n) is 2.79. The van der Waals surface area contributed by atoms with E-state index in [0.717, 1.165) is 19.5 Å². The van der Waals surface area contributed by atoms with Crippen LogP contribution in [-0.2, 0) is 0 Å². The minimum atomic E-state index is 0.594. The zero-order valence-electron chi connectivity index (χ0n) is 7.19. The molecule has 3 N–H and O–H groups in total. The van der Waals surface area contributed by atoms with Gasteiger partial charge in [0.25, 0.3) is 0 Å². The third kappa shape index (κ3) is 6.05. The molecule has 0 bridgehead atoms. The highest BCUT2D eigenvalue weighted by Crippen LogP contribution is 1.89. The van der Waals surface area contributed by atoms with E-state index in [1.807, 2.05) is 0 Å². The largest absolute Gasteiger partial charge is 0.330 e. The summed E-state index contributed by atoms with van der Waals surface area (Å²) in [6.07, 6.45) is 3.63. The Balaban J connectivity index is 2.97. The normalized spacial score (nSPS) is 13.5. The Morgan fingerprint density at radius 1 is 1.50 bits per heavy atom. The first kappa shape index (κ1) is 9.92. The van der Waals surface area contributed by atoms with Gasteiger partial charge in [-0.25, -0.2) is 0 Å². The molecule has 1 unspecified atom stereocenters. The molecule has 0 amide bonds. The van der Waals surface area contributed by atoms with E-state index in [1.165, 1.54) is 12.8 Å². The Morgan fingerprint density at radius 2 is 2.20 bits per heavy atom. The van der Waals surface area contributed by atoms with Crippen molar-refractivity contribution < 1.29 is 0 Å². The van der Waals surface area contributed by atoms with Crippen molar-refractivity contribution in [1.82, 2.24) is 5.32 Å². The fraction of sp³-hybridized carbons (Fsp3) is 1.00. The van der Waals surface area contributed by atoms with Crippen molar-refractivity contribution in [2.75, 3.05) is 13.1 Å². The lowest BCUT2D eigenvalue weighted by molar-refractivity contribution is 0.509. The Morgan fingerprint density at radius 3 is 2.70 bits per heavy atom. The first-order valence-electron chi connectivity index (χ1n) is 4.24. The van der Waals surface area contributed by atoms with Gasteiger partial charge < -0.3 is 11.1 Å². The highest BCUT2D eigenvalue weighted by atomic mass is 14.9. The van der Waals surface area contributed by atoms with Gasteiger partial charge in [0, 0.05) is 6.04 Å². The lowest BCUT2D eigenvalue weighted by atomic mass is 10.2. The van der Waals surface area contributed by atoms with Gasteiger partial charge >= 0.3 is 0 Å². The van der Waals surface area contributed by atoms with Gasteiger partial charge in [0.15, 0.2) is 0 Å². The quantitative estimate of drug-likeness (QED) is 0.548. The Hall–Kier alpha value is -0.0800. The molecule has 0 spiro atoms. The van der Waals surface area contributed by atoms with Crippen LogP contribution in [0.1, 0.15) is 33.1 Å². The molecule has 0 heterocycles. The highest BCUT2D eigenvalue weighted by molar-refractivity contribution is 4.59. The second kappa shape index (κ2) is 7.03. The third-order valence-electron chi connectivity index (χ3n) is 1.62. The summed E-state index contributed by atoms with van der Waals surface area (Å²) in [5.74, 6) is 0. The van der Waals surface area contributed by atoms with Gasteiger partial charge in [-0.1, -0.05) is 13.3 Å². The number of unbranched alkanes of at least 4 members (excludes halogenated alkanes) is 1. The van der Waals surface area contributed by atoms with Crippen molar-refractivity contribution in [3.63, 3.8) is 0 Å². The molecular formula is C8H20N2. The van der Waals surface area contributed by atoms with Crippen molar-refractivity contribution in [1.29, 1.82) is 0 Å². The predicted molar refractivity (Wildman–Crippen MR) is 46.0 cm³/mol. The maximum absolute atomic E-state index is 5.39. The number of nitrogens with two attached hydrogens (primary N) is 1. The fourth-order valence-electron chi connectivity index (χ4n) is 0.877. The summed E-state index contributed by atoms with van der Waals surface area (Å²) >= 11 is 0. The Labute approximate surface area is 64.2 Å². The Kier molecular flexibility index (Phi) is 6.98. The summed E-state index contributed by atoms with van der Waals surface area (Å²) in [4.78, 5) is 0. The van der Waals surface area contributed by atoms with Gasteiger partial charge in [-0.05, 0) is 32.9 Å². The van der Waals surface area contributed by atoms with Gasteiger partial charge in [0.05, 0.1) is 0 Å². The first-order chi connectivity index (χ1) is 4.81. The van der Waals surface area contributed by atoms with E-state index in [0.29, 0.717) is 6.04 Å². The van der Waals surface area contributed by atoms with E-state index in [4.69, 9.17) is 5.73 Å². The minimum Gasteiger partial charge on any atom is -0.330 e. The Bertz CT molecular complexity index is 64.3. The van der Waals surface area contributed by atoms with Crippen LogP contribution in [0.25, 0.3) is 0 Å². The molecule has 0 aromatic rings. The number of nitrogens with one attached hydrogen (secondary N) is 1. The fourth-order valence-corrected chi connectivity index (χ4v) is 0.877. The summed E-state index contributed by atoms with van der Waals surface area (Å²) in [6, 6.07) is 0.594. The predicted octanol–water partition coefficient (Wildman–Crippen LogP) is 1.11. The van der Waals surface area contributed by atoms with Crippen molar-refractivity contribution in [3.8, 4) is 0 Å². The van der Waals surface area contributed by atoms with Crippen LogP contribution in [0.5, 0.6) is 0 Å². The lowest BCUT2D eigenvalue weighted by Crippen LogP contribution is -2.29. The zero-order chi connectivity index (χ0) is 7.82. The minimum absolute atomic E-state index is 0.594. The molecule has 0 aliphatic heterocycles. The molecule has 10 heavy (non-hydrogen) atoms. The van der Waals surface area contributed by atoms with Crippen LogP contribution in [0.3, 0.4) is 0 Å². The average molecular weight is 144 g/mol. The summed E-state index contributed by atoms with van der Waals surface area (Å²) in [6.45, 7) is 6.32. The first-order valence-corrected chi connectivity index (χ1v) is 4.24. The van der Waals surface area contributed by atoms with Crippen LogP contribution in [0.4, 0.5) is 0 Å². The SMILES string of the molecule is CCCCNC(C)CCN.